The van der Waals surface area contributed by atoms with Crippen LogP contribution in [0, 0.1) is 0 Å². The zero-order valence-electron chi connectivity index (χ0n) is 12.8. The van der Waals surface area contributed by atoms with Crippen LogP contribution in [0.2, 0.25) is 0 Å². The third-order valence-corrected chi connectivity index (χ3v) is 4.14. The molecule has 1 aromatic rings. The first-order valence-electron chi connectivity index (χ1n) is 7.83. The molecule has 0 radical (unpaired) electrons. The van der Waals surface area contributed by atoms with Crippen LogP contribution in [0.4, 0.5) is 4.79 Å². The molecule has 1 atom stereocenters. The molecule has 0 bridgehead atoms. The summed E-state index contributed by atoms with van der Waals surface area (Å²) in [6.45, 7) is 8.22. The van der Waals surface area contributed by atoms with E-state index in [0.717, 1.165) is 57.2 Å². The molecular weight excluding hydrogens is 268 g/mol. The Hall–Kier alpha value is -1.63. The van der Waals surface area contributed by atoms with Gasteiger partial charge in [0.2, 0.25) is 0 Å². The van der Waals surface area contributed by atoms with Crippen molar-refractivity contribution < 1.29 is 4.79 Å². The Balaban J connectivity index is 1.71. The normalized spacial score (nSPS) is 22.2. The minimum Gasteiger partial charge on any atom is -0.336 e. The quantitative estimate of drug-likeness (QED) is 0.840. The predicted octanol–water partition coefficient (Wildman–Crippen LogP) is 0.679. The van der Waals surface area contributed by atoms with Crippen LogP contribution in [0.1, 0.15) is 44.3 Å². The van der Waals surface area contributed by atoms with Crippen molar-refractivity contribution in [1.29, 1.82) is 0 Å². The fourth-order valence-corrected chi connectivity index (χ4v) is 3.13. The maximum absolute atomic E-state index is 12.2. The van der Waals surface area contributed by atoms with E-state index < -0.39 is 0 Å². The van der Waals surface area contributed by atoms with E-state index in [1.54, 1.807) is 0 Å². The van der Waals surface area contributed by atoms with Gasteiger partial charge in [-0.05, 0) is 26.7 Å². The Morgan fingerprint density at radius 1 is 1.38 bits per heavy atom. The zero-order chi connectivity index (χ0) is 14.8. The highest BCUT2D eigenvalue weighted by Gasteiger charge is 2.29. The molecule has 3 heterocycles. The Bertz CT molecular complexity index is 512. The molecule has 2 aliphatic rings. The van der Waals surface area contributed by atoms with Crippen LogP contribution in [0.5, 0.6) is 0 Å². The number of likely N-dealkylation sites (tertiary alicyclic amines) is 1. The van der Waals surface area contributed by atoms with E-state index in [1.807, 2.05) is 18.7 Å². The summed E-state index contributed by atoms with van der Waals surface area (Å²) in [6, 6.07) is 0.208. The van der Waals surface area contributed by atoms with Crippen molar-refractivity contribution in [2.24, 2.45) is 0 Å². The van der Waals surface area contributed by atoms with Crippen LogP contribution >= 0.6 is 0 Å². The first kappa shape index (κ1) is 14.3. The Kier molecular flexibility index (Phi) is 4.10. The van der Waals surface area contributed by atoms with E-state index in [0.29, 0.717) is 5.92 Å². The highest BCUT2D eigenvalue weighted by atomic mass is 16.2. The summed E-state index contributed by atoms with van der Waals surface area (Å²) in [5.41, 5.74) is 0. The number of amides is 2. The van der Waals surface area contributed by atoms with Crippen molar-refractivity contribution in [3.63, 3.8) is 0 Å². The number of nitrogens with one attached hydrogen (secondary N) is 2. The monoisotopic (exact) mass is 292 g/mol. The van der Waals surface area contributed by atoms with Crippen LogP contribution in [0.25, 0.3) is 0 Å². The van der Waals surface area contributed by atoms with Gasteiger partial charge in [-0.25, -0.2) is 4.79 Å². The van der Waals surface area contributed by atoms with Crippen molar-refractivity contribution in [2.75, 3.05) is 19.6 Å². The second-order valence-electron chi connectivity index (χ2n) is 6.19. The van der Waals surface area contributed by atoms with Crippen LogP contribution in [0.15, 0.2) is 0 Å². The number of piperidine rings is 1. The van der Waals surface area contributed by atoms with Crippen molar-refractivity contribution in [1.82, 2.24) is 30.3 Å². The molecule has 1 fully saturated rings. The fraction of sp³-hybridized carbons (Fsp3) is 0.786. The Morgan fingerprint density at radius 3 is 3.05 bits per heavy atom. The summed E-state index contributed by atoms with van der Waals surface area (Å²) >= 11 is 0. The summed E-state index contributed by atoms with van der Waals surface area (Å²) in [5.74, 6) is 2.37. The first-order valence-corrected chi connectivity index (χ1v) is 7.83. The van der Waals surface area contributed by atoms with Gasteiger partial charge in [0.25, 0.3) is 0 Å². The van der Waals surface area contributed by atoms with Crippen LogP contribution < -0.4 is 10.6 Å². The van der Waals surface area contributed by atoms with Gasteiger partial charge in [-0.3, -0.25) is 0 Å². The van der Waals surface area contributed by atoms with Crippen molar-refractivity contribution in [3.8, 4) is 0 Å². The average Bonchev–Trinajstić information content (AvgIpc) is 2.90. The molecule has 3 rings (SSSR count). The van der Waals surface area contributed by atoms with Crippen molar-refractivity contribution >= 4 is 6.03 Å². The topological polar surface area (TPSA) is 75.1 Å². The zero-order valence-corrected chi connectivity index (χ0v) is 12.8. The number of carbonyl (C=O) groups is 1. The number of hydrogen-bond acceptors (Lipinski definition) is 4. The number of carbonyl (C=O) groups excluding carboxylic acids is 1. The minimum absolute atomic E-state index is 0.0368. The lowest BCUT2D eigenvalue weighted by Gasteiger charge is -2.33. The van der Waals surface area contributed by atoms with E-state index in [1.165, 1.54) is 0 Å². The van der Waals surface area contributed by atoms with E-state index >= 15 is 0 Å². The summed E-state index contributed by atoms with van der Waals surface area (Å²) in [7, 11) is 0. The molecule has 7 heteroatoms. The first-order chi connectivity index (χ1) is 10.1. The second kappa shape index (κ2) is 6.01. The molecule has 2 aliphatic heterocycles. The Morgan fingerprint density at radius 2 is 2.24 bits per heavy atom. The number of hydrogen-bond donors (Lipinski definition) is 2. The molecule has 7 nitrogen and oxygen atoms in total. The van der Waals surface area contributed by atoms with Gasteiger partial charge in [0, 0.05) is 38.1 Å². The van der Waals surface area contributed by atoms with Crippen LogP contribution in [0.3, 0.4) is 0 Å². The van der Waals surface area contributed by atoms with Gasteiger partial charge in [-0.2, -0.15) is 0 Å². The largest absolute Gasteiger partial charge is 0.336 e. The molecule has 0 aliphatic carbocycles. The summed E-state index contributed by atoms with van der Waals surface area (Å²) < 4.78 is 2.23. The lowest BCUT2D eigenvalue weighted by Crippen LogP contribution is -2.47. The SMILES string of the molecule is CC(C)NC(=O)N1CCCC(c2nnc3n2CCNC3)C1. The molecule has 1 saturated heterocycles. The lowest BCUT2D eigenvalue weighted by molar-refractivity contribution is 0.175. The molecule has 116 valence electrons. The maximum atomic E-state index is 12.2. The van der Waals surface area contributed by atoms with E-state index in [-0.39, 0.29) is 12.1 Å². The molecule has 1 unspecified atom stereocenters. The molecular formula is C14H24N6O. The summed E-state index contributed by atoms with van der Waals surface area (Å²) in [6.07, 6.45) is 2.10. The second-order valence-corrected chi connectivity index (χ2v) is 6.19. The van der Waals surface area contributed by atoms with Gasteiger partial charge in [0.15, 0.2) is 0 Å². The lowest BCUT2D eigenvalue weighted by atomic mass is 9.97. The molecule has 2 N–H and O–H groups in total. The van der Waals surface area contributed by atoms with Gasteiger partial charge >= 0.3 is 6.03 Å². The van der Waals surface area contributed by atoms with Gasteiger partial charge in [-0.1, -0.05) is 0 Å². The number of aromatic nitrogens is 3. The smallest absolute Gasteiger partial charge is 0.317 e. The third-order valence-electron chi connectivity index (χ3n) is 4.14. The number of urea groups is 1. The number of fused-ring (bicyclic) bond motifs is 1. The maximum Gasteiger partial charge on any atom is 0.317 e. The summed E-state index contributed by atoms with van der Waals surface area (Å²) in [4.78, 5) is 14.1. The van der Waals surface area contributed by atoms with Gasteiger partial charge in [-0.15, -0.1) is 10.2 Å². The molecule has 0 spiro atoms. The van der Waals surface area contributed by atoms with Crippen molar-refractivity contribution in [3.05, 3.63) is 11.6 Å². The predicted molar refractivity (Wildman–Crippen MR) is 78.9 cm³/mol. The number of rotatable bonds is 2. The van der Waals surface area contributed by atoms with Crippen LogP contribution in [-0.2, 0) is 13.1 Å². The standard InChI is InChI=1S/C14H24N6O/c1-10(2)16-14(21)19-6-3-4-11(9-19)13-18-17-12-8-15-5-7-20(12)13/h10-11,15H,3-9H2,1-2H3,(H,16,21). The van der Waals surface area contributed by atoms with E-state index in [2.05, 4.69) is 25.4 Å². The van der Waals surface area contributed by atoms with Crippen LogP contribution in [-0.4, -0.2) is 51.4 Å². The molecule has 1 aromatic heterocycles. The molecule has 0 saturated carbocycles. The van der Waals surface area contributed by atoms with Gasteiger partial charge in [0.05, 0.1) is 6.54 Å². The van der Waals surface area contributed by atoms with E-state index in [9.17, 15) is 4.79 Å². The van der Waals surface area contributed by atoms with Gasteiger partial charge < -0.3 is 20.1 Å². The molecule has 2 amide bonds. The Labute approximate surface area is 125 Å². The number of nitrogens with zero attached hydrogens (tertiary/aromatic N) is 4. The highest BCUT2D eigenvalue weighted by Crippen LogP contribution is 2.26. The highest BCUT2D eigenvalue weighted by molar-refractivity contribution is 5.74. The van der Waals surface area contributed by atoms with E-state index in [4.69, 9.17) is 0 Å². The minimum atomic E-state index is 0.0368. The third kappa shape index (κ3) is 3.02. The summed E-state index contributed by atoms with van der Waals surface area (Å²) in [5, 5.41) is 15.0. The fourth-order valence-electron chi connectivity index (χ4n) is 3.13. The average molecular weight is 292 g/mol. The van der Waals surface area contributed by atoms with Gasteiger partial charge in [0.1, 0.15) is 11.6 Å². The van der Waals surface area contributed by atoms with Crippen molar-refractivity contribution in [2.45, 2.75) is 51.7 Å². The molecule has 21 heavy (non-hydrogen) atoms. The molecule has 0 aromatic carbocycles.